The van der Waals surface area contributed by atoms with Gasteiger partial charge >= 0.3 is 6.61 Å². The minimum atomic E-state index is -2.86. The monoisotopic (exact) mass is 390 g/mol. The van der Waals surface area contributed by atoms with E-state index < -0.39 is 6.61 Å². The third-order valence-corrected chi connectivity index (χ3v) is 3.07. The average Bonchev–Trinajstić information content (AvgIpc) is 1.99. The van der Waals surface area contributed by atoms with Crippen LogP contribution in [-0.2, 0) is 0 Å². The van der Waals surface area contributed by atoms with E-state index in [9.17, 15) is 13.6 Å². The summed E-state index contributed by atoms with van der Waals surface area (Å²) in [5.41, 5.74) is 0.470. The molecule has 1 aromatic carbocycles. The van der Waals surface area contributed by atoms with Crippen LogP contribution in [0.1, 0.15) is 17.3 Å². The van der Waals surface area contributed by atoms with Gasteiger partial charge in [-0.1, -0.05) is 0 Å². The quantitative estimate of drug-likeness (QED) is 0.578. The van der Waals surface area contributed by atoms with Crippen LogP contribution in [0.3, 0.4) is 0 Å². The molecule has 15 heavy (non-hydrogen) atoms. The number of benzene rings is 1. The highest BCUT2D eigenvalue weighted by Crippen LogP contribution is 2.29. The number of ketones is 1. The molecular weight excluding hydrogens is 385 g/mol. The van der Waals surface area contributed by atoms with Crippen molar-refractivity contribution in [3.05, 3.63) is 25.7 Å². The summed E-state index contributed by atoms with van der Waals surface area (Å²) in [7, 11) is 0. The predicted molar refractivity (Wildman–Crippen MR) is 63.5 cm³/mol. The maximum atomic E-state index is 11.9. The number of carbonyl (C=O) groups is 1. The van der Waals surface area contributed by atoms with Gasteiger partial charge in [-0.3, -0.25) is 4.79 Å². The van der Waals surface area contributed by atoms with E-state index in [1.54, 1.807) is 0 Å². The fourth-order valence-electron chi connectivity index (χ4n) is 1.06. The summed E-state index contributed by atoms with van der Waals surface area (Å²) in [6.07, 6.45) is 0. The lowest BCUT2D eigenvalue weighted by Crippen LogP contribution is -2.04. The van der Waals surface area contributed by atoms with Crippen LogP contribution in [0.5, 0.6) is 5.75 Å². The van der Waals surface area contributed by atoms with Crippen LogP contribution < -0.4 is 4.74 Å². The van der Waals surface area contributed by atoms with Crippen molar-refractivity contribution in [3.8, 4) is 5.75 Å². The molecule has 1 rings (SSSR count). The van der Waals surface area contributed by atoms with Crippen LogP contribution >= 0.6 is 38.5 Å². The number of rotatable bonds is 3. The van der Waals surface area contributed by atoms with Gasteiger partial charge in [-0.25, -0.2) is 0 Å². The molecule has 0 fully saturated rings. The number of halogens is 4. The summed E-state index contributed by atoms with van der Waals surface area (Å²) in [6.45, 7) is -1.45. The van der Waals surface area contributed by atoms with Crippen molar-refractivity contribution in [1.82, 2.24) is 0 Å². The molecule has 0 saturated carbocycles. The van der Waals surface area contributed by atoms with Crippen LogP contribution in [0.25, 0.3) is 0 Å². The second-order valence-corrected chi connectivity index (χ2v) is 4.71. The van der Waals surface area contributed by atoms with Crippen LogP contribution in [0.2, 0.25) is 0 Å². The normalized spacial score (nSPS) is 10.5. The molecule has 0 aromatic heterocycles. The molecule has 0 spiro atoms. The molecule has 6 heteroatoms. The van der Waals surface area contributed by atoms with Crippen LogP contribution in [0, 0.1) is 3.57 Å². The van der Waals surface area contributed by atoms with Crippen molar-refractivity contribution in [2.24, 2.45) is 0 Å². The second-order valence-electron chi connectivity index (χ2n) is 2.70. The minimum Gasteiger partial charge on any atom is -0.435 e. The second kappa shape index (κ2) is 5.20. The molecule has 0 heterocycles. The Morgan fingerprint density at radius 2 is 2.13 bits per heavy atom. The van der Waals surface area contributed by atoms with E-state index in [0.717, 1.165) is 0 Å². The first-order valence-corrected chi connectivity index (χ1v) is 5.73. The van der Waals surface area contributed by atoms with Gasteiger partial charge in [-0.15, -0.1) is 0 Å². The molecular formula is C9H6BrF2IO2. The van der Waals surface area contributed by atoms with Gasteiger partial charge in [-0.05, 0) is 57.6 Å². The van der Waals surface area contributed by atoms with Crippen LogP contribution in [-0.4, -0.2) is 12.4 Å². The van der Waals surface area contributed by atoms with Gasteiger partial charge in [0.15, 0.2) is 5.78 Å². The molecule has 0 N–H and O–H groups in total. The summed E-state index contributed by atoms with van der Waals surface area (Å²) in [4.78, 5) is 11.2. The smallest absolute Gasteiger partial charge is 0.387 e. The summed E-state index contributed by atoms with van der Waals surface area (Å²) in [6, 6.07) is 2.75. The van der Waals surface area contributed by atoms with Crippen molar-refractivity contribution in [2.45, 2.75) is 13.5 Å². The molecule has 0 saturated heterocycles. The lowest BCUT2D eigenvalue weighted by atomic mass is 10.1. The third-order valence-electron chi connectivity index (χ3n) is 1.59. The molecule has 0 aliphatic carbocycles. The van der Waals surface area contributed by atoms with Gasteiger partial charge in [0, 0.05) is 13.6 Å². The Morgan fingerprint density at radius 3 is 2.53 bits per heavy atom. The molecule has 0 aliphatic rings. The topological polar surface area (TPSA) is 26.3 Å². The van der Waals surface area contributed by atoms with E-state index >= 15 is 0 Å². The Kier molecular flexibility index (Phi) is 4.45. The first-order valence-electron chi connectivity index (χ1n) is 3.86. The molecule has 2 nitrogen and oxygen atoms in total. The Hall–Kier alpha value is -0.240. The SMILES string of the molecule is CC(=O)c1c(Br)cc(OC(F)F)cc1I. The van der Waals surface area contributed by atoms with Crippen molar-refractivity contribution >= 4 is 44.3 Å². The Labute approximate surface area is 107 Å². The summed E-state index contributed by atoms with van der Waals surface area (Å²) in [5.74, 6) is -0.0962. The average molecular weight is 391 g/mol. The maximum absolute atomic E-state index is 11.9. The van der Waals surface area contributed by atoms with Crippen molar-refractivity contribution in [2.75, 3.05) is 0 Å². The fourth-order valence-corrected chi connectivity index (χ4v) is 3.12. The third kappa shape index (κ3) is 3.37. The van der Waals surface area contributed by atoms with Gasteiger partial charge in [0.1, 0.15) is 5.75 Å². The predicted octanol–water partition coefficient (Wildman–Crippen LogP) is 3.86. The van der Waals surface area contributed by atoms with E-state index in [-0.39, 0.29) is 11.5 Å². The summed E-state index contributed by atoms with van der Waals surface area (Å²) >= 11 is 5.04. The number of Topliss-reactive ketones (excluding diaryl/α,β-unsaturated/α-hetero) is 1. The maximum Gasteiger partial charge on any atom is 0.387 e. The van der Waals surface area contributed by atoms with E-state index in [2.05, 4.69) is 20.7 Å². The lowest BCUT2D eigenvalue weighted by molar-refractivity contribution is -0.0499. The number of ether oxygens (including phenoxy) is 1. The zero-order valence-corrected chi connectivity index (χ0v) is 11.3. The zero-order valence-electron chi connectivity index (χ0n) is 7.56. The zero-order chi connectivity index (χ0) is 11.6. The fraction of sp³-hybridized carbons (Fsp3) is 0.222. The highest BCUT2D eigenvalue weighted by Gasteiger charge is 2.13. The van der Waals surface area contributed by atoms with Gasteiger partial charge in [0.2, 0.25) is 0 Å². The molecule has 0 amide bonds. The van der Waals surface area contributed by atoms with Crippen molar-refractivity contribution in [1.29, 1.82) is 0 Å². The van der Waals surface area contributed by atoms with Gasteiger partial charge in [0.25, 0.3) is 0 Å². The van der Waals surface area contributed by atoms with E-state index in [1.165, 1.54) is 19.1 Å². The standard InChI is InChI=1S/C9H6BrF2IO2/c1-4(14)8-6(10)2-5(3-7(8)13)15-9(11)12/h2-3,9H,1H3. The van der Waals surface area contributed by atoms with Gasteiger partial charge < -0.3 is 4.74 Å². The first kappa shape index (κ1) is 12.8. The van der Waals surface area contributed by atoms with Crippen LogP contribution in [0.15, 0.2) is 16.6 Å². The van der Waals surface area contributed by atoms with Crippen LogP contribution in [0.4, 0.5) is 8.78 Å². The molecule has 0 aliphatic heterocycles. The minimum absolute atomic E-state index is 0.0336. The molecule has 1 aromatic rings. The highest BCUT2D eigenvalue weighted by atomic mass is 127. The first-order chi connectivity index (χ1) is 6.91. The molecule has 82 valence electrons. The van der Waals surface area contributed by atoms with Crippen molar-refractivity contribution in [3.63, 3.8) is 0 Å². The van der Waals surface area contributed by atoms with Gasteiger partial charge in [0.05, 0.1) is 0 Å². The number of alkyl halides is 2. The Balaban J connectivity index is 3.14. The number of hydrogen-bond donors (Lipinski definition) is 0. The van der Waals surface area contributed by atoms with E-state index in [1.807, 2.05) is 22.6 Å². The molecule has 0 radical (unpaired) electrons. The van der Waals surface area contributed by atoms with E-state index in [0.29, 0.717) is 13.6 Å². The largest absolute Gasteiger partial charge is 0.435 e. The summed E-state index contributed by atoms with van der Waals surface area (Å²) in [5, 5.41) is 0. The molecule has 0 unspecified atom stereocenters. The van der Waals surface area contributed by atoms with Gasteiger partial charge in [-0.2, -0.15) is 8.78 Å². The van der Waals surface area contributed by atoms with E-state index in [4.69, 9.17) is 0 Å². The number of hydrogen-bond acceptors (Lipinski definition) is 2. The lowest BCUT2D eigenvalue weighted by Gasteiger charge is -2.08. The highest BCUT2D eigenvalue weighted by molar-refractivity contribution is 14.1. The van der Waals surface area contributed by atoms with Crippen molar-refractivity contribution < 1.29 is 18.3 Å². The molecule has 0 atom stereocenters. The Morgan fingerprint density at radius 1 is 1.53 bits per heavy atom. The number of carbonyl (C=O) groups excluding carboxylic acids is 1. The summed E-state index contributed by atoms with van der Waals surface area (Å²) < 4.78 is 29.1. The molecule has 0 bridgehead atoms. The Bertz CT molecular complexity index is 373.